The van der Waals surface area contributed by atoms with Crippen LogP contribution in [0.5, 0.6) is 0 Å². The van der Waals surface area contributed by atoms with Crippen LogP contribution in [-0.4, -0.2) is 24.0 Å². The summed E-state index contributed by atoms with van der Waals surface area (Å²) in [5.41, 5.74) is 4.44. The van der Waals surface area contributed by atoms with Gasteiger partial charge in [0.05, 0.1) is 29.4 Å². The molecule has 0 aliphatic heterocycles. The van der Waals surface area contributed by atoms with Gasteiger partial charge in [0, 0.05) is 21.7 Å². The van der Waals surface area contributed by atoms with Gasteiger partial charge in [0.15, 0.2) is 0 Å². The Morgan fingerprint density at radius 1 is 1.15 bits per heavy atom. The maximum Gasteiger partial charge on any atom is 0.337 e. The van der Waals surface area contributed by atoms with Crippen molar-refractivity contribution in [2.75, 3.05) is 12.4 Å². The molecule has 3 aromatic rings. The predicted octanol–water partition coefficient (Wildman–Crippen LogP) is 4.47. The molecule has 0 spiro atoms. The van der Waals surface area contributed by atoms with Crippen LogP contribution in [0.2, 0.25) is 0 Å². The Hall–Kier alpha value is -2.64. The molecule has 3 rings (SSSR count). The predicted molar refractivity (Wildman–Crippen MR) is 104 cm³/mol. The number of aromatic nitrogens is 1. The quantitative estimate of drug-likeness (QED) is 0.501. The molecule has 26 heavy (non-hydrogen) atoms. The Morgan fingerprint density at radius 3 is 2.62 bits per heavy atom. The van der Waals surface area contributed by atoms with Gasteiger partial charge in [-0.3, -0.25) is 4.79 Å². The average Bonchev–Trinajstić information content (AvgIpc) is 3.20. The molecule has 0 bridgehead atoms. The number of hydrogen-bond acceptors (Lipinski definition) is 6. The van der Waals surface area contributed by atoms with E-state index in [1.165, 1.54) is 7.11 Å². The number of amides is 1. The molecule has 0 saturated heterocycles. The zero-order chi connectivity index (χ0) is 18.4. The zero-order valence-electron chi connectivity index (χ0n) is 14.0. The minimum Gasteiger partial charge on any atom is -0.465 e. The molecule has 5 nitrogen and oxygen atoms in total. The molecule has 1 heterocycles. The van der Waals surface area contributed by atoms with Crippen molar-refractivity contribution < 1.29 is 14.3 Å². The van der Waals surface area contributed by atoms with Crippen molar-refractivity contribution in [1.29, 1.82) is 0 Å². The highest BCUT2D eigenvalue weighted by atomic mass is 32.2. The molecule has 0 saturated carbocycles. The first-order chi connectivity index (χ1) is 12.7. The Bertz CT molecular complexity index is 893. The topological polar surface area (TPSA) is 68.3 Å². The van der Waals surface area contributed by atoms with E-state index in [0.29, 0.717) is 22.6 Å². The average molecular weight is 384 g/mol. The van der Waals surface area contributed by atoms with E-state index in [-0.39, 0.29) is 5.91 Å². The summed E-state index contributed by atoms with van der Waals surface area (Å²) in [6.45, 7) is 0. The van der Waals surface area contributed by atoms with Crippen molar-refractivity contribution in [2.45, 2.75) is 10.6 Å². The van der Waals surface area contributed by atoms with Crippen molar-refractivity contribution in [2.24, 2.45) is 0 Å². The van der Waals surface area contributed by atoms with E-state index in [1.807, 2.05) is 23.6 Å². The fourth-order valence-electron chi connectivity index (χ4n) is 2.25. The molecule has 132 valence electrons. The Balaban J connectivity index is 1.70. The third kappa shape index (κ3) is 4.50. The third-order valence-electron chi connectivity index (χ3n) is 3.55. The zero-order valence-corrected chi connectivity index (χ0v) is 15.6. The number of methoxy groups -OCH3 is 1. The van der Waals surface area contributed by atoms with E-state index in [9.17, 15) is 9.59 Å². The third-order valence-corrected chi connectivity index (χ3v) is 5.30. The van der Waals surface area contributed by atoms with Gasteiger partial charge in [0.1, 0.15) is 0 Å². The highest BCUT2D eigenvalue weighted by molar-refractivity contribution is 7.98. The molecule has 0 atom stereocenters. The van der Waals surface area contributed by atoms with Crippen LogP contribution in [-0.2, 0) is 10.5 Å². The van der Waals surface area contributed by atoms with Crippen LogP contribution in [0.3, 0.4) is 0 Å². The Kier molecular flexibility index (Phi) is 6.04. The van der Waals surface area contributed by atoms with Crippen molar-refractivity contribution >= 4 is 40.7 Å². The lowest BCUT2D eigenvalue weighted by Gasteiger charge is -2.10. The van der Waals surface area contributed by atoms with Gasteiger partial charge in [-0.15, -0.1) is 23.1 Å². The summed E-state index contributed by atoms with van der Waals surface area (Å²) in [5, 5.41) is 4.86. The Labute approximate surface area is 159 Å². The van der Waals surface area contributed by atoms with Crippen LogP contribution in [0.4, 0.5) is 5.69 Å². The summed E-state index contributed by atoms with van der Waals surface area (Å²) in [6.07, 6.45) is 0. The molecular formula is C19H16N2O3S2. The van der Waals surface area contributed by atoms with Gasteiger partial charge >= 0.3 is 5.97 Å². The van der Waals surface area contributed by atoms with E-state index < -0.39 is 5.97 Å². The number of rotatable bonds is 6. The minimum absolute atomic E-state index is 0.197. The number of thioether (sulfide) groups is 1. The maximum absolute atomic E-state index is 12.6. The molecule has 0 aliphatic carbocycles. The first-order valence-electron chi connectivity index (χ1n) is 7.76. The number of nitrogens with one attached hydrogen (secondary N) is 1. The normalized spacial score (nSPS) is 10.3. The van der Waals surface area contributed by atoms with Gasteiger partial charge in [0.2, 0.25) is 0 Å². The highest BCUT2D eigenvalue weighted by Crippen LogP contribution is 2.27. The summed E-state index contributed by atoms with van der Waals surface area (Å²) in [6, 6.07) is 14.0. The largest absolute Gasteiger partial charge is 0.465 e. The number of hydrogen-bond donors (Lipinski definition) is 1. The van der Waals surface area contributed by atoms with Crippen LogP contribution >= 0.6 is 23.1 Å². The summed E-state index contributed by atoms with van der Waals surface area (Å²) < 4.78 is 4.67. The fourth-order valence-corrected chi connectivity index (χ4v) is 3.86. The van der Waals surface area contributed by atoms with Crippen molar-refractivity contribution in [3.63, 3.8) is 0 Å². The number of thiazole rings is 1. The SMILES string of the molecule is COC(=O)c1ccc(NC(=O)c2ccccc2SCc2cscn2)cc1. The van der Waals surface area contributed by atoms with Crippen molar-refractivity contribution in [3.05, 3.63) is 76.2 Å². The maximum atomic E-state index is 12.6. The van der Waals surface area contributed by atoms with Crippen LogP contribution in [0, 0.1) is 0 Å². The number of ether oxygens (including phenoxy) is 1. The second kappa shape index (κ2) is 8.64. The van der Waals surface area contributed by atoms with E-state index in [1.54, 1.807) is 58.9 Å². The molecule has 0 aliphatic rings. The monoisotopic (exact) mass is 384 g/mol. The number of carbonyl (C=O) groups excluding carboxylic acids is 2. The number of anilines is 1. The second-order valence-corrected chi connectivity index (χ2v) is 7.02. The lowest BCUT2D eigenvalue weighted by Crippen LogP contribution is -2.13. The molecule has 0 fully saturated rings. The minimum atomic E-state index is -0.410. The van der Waals surface area contributed by atoms with Crippen LogP contribution in [0.15, 0.2) is 64.3 Å². The number of nitrogens with zero attached hydrogens (tertiary/aromatic N) is 1. The van der Waals surface area contributed by atoms with Crippen LogP contribution in [0.25, 0.3) is 0 Å². The van der Waals surface area contributed by atoms with E-state index in [0.717, 1.165) is 10.6 Å². The first kappa shape index (κ1) is 18.2. The molecule has 1 amide bonds. The van der Waals surface area contributed by atoms with Gasteiger partial charge < -0.3 is 10.1 Å². The van der Waals surface area contributed by atoms with E-state index in [2.05, 4.69) is 15.0 Å². The molecule has 0 unspecified atom stereocenters. The first-order valence-corrected chi connectivity index (χ1v) is 9.69. The van der Waals surface area contributed by atoms with Gasteiger partial charge in [-0.1, -0.05) is 12.1 Å². The second-order valence-electron chi connectivity index (χ2n) is 5.29. The number of carbonyl (C=O) groups is 2. The van der Waals surface area contributed by atoms with Gasteiger partial charge in [-0.05, 0) is 36.4 Å². The summed E-state index contributed by atoms with van der Waals surface area (Å²) in [4.78, 5) is 29.3. The molecular weight excluding hydrogens is 368 g/mol. The summed E-state index contributed by atoms with van der Waals surface area (Å²) in [7, 11) is 1.33. The Morgan fingerprint density at radius 2 is 1.92 bits per heavy atom. The molecule has 7 heteroatoms. The smallest absolute Gasteiger partial charge is 0.337 e. The molecule has 1 N–H and O–H groups in total. The van der Waals surface area contributed by atoms with Gasteiger partial charge in [-0.2, -0.15) is 0 Å². The van der Waals surface area contributed by atoms with E-state index >= 15 is 0 Å². The lowest BCUT2D eigenvalue weighted by atomic mass is 10.2. The highest BCUT2D eigenvalue weighted by Gasteiger charge is 2.13. The van der Waals surface area contributed by atoms with Crippen LogP contribution < -0.4 is 5.32 Å². The fraction of sp³-hybridized carbons (Fsp3) is 0.105. The van der Waals surface area contributed by atoms with Crippen LogP contribution in [0.1, 0.15) is 26.4 Å². The summed E-state index contributed by atoms with van der Waals surface area (Å²) >= 11 is 3.13. The number of esters is 1. The van der Waals surface area contributed by atoms with E-state index in [4.69, 9.17) is 0 Å². The molecule has 2 aromatic carbocycles. The molecule has 0 radical (unpaired) electrons. The number of benzene rings is 2. The van der Waals surface area contributed by atoms with Gasteiger partial charge in [0.25, 0.3) is 5.91 Å². The summed E-state index contributed by atoms with van der Waals surface area (Å²) in [5.74, 6) is 0.102. The standard InChI is InChI=1S/C19H16N2O3S2/c1-24-19(23)13-6-8-14(9-7-13)21-18(22)16-4-2-3-5-17(16)26-11-15-10-25-12-20-15/h2-10,12H,11H2,1H3,(H,21,22). The van der Waals surface area contributed by atoms with Crippen molar-refractivity contribution in [1.82, 2.24) is 4.98 Å². The van der Waals surface area contributed by atoms with Crippen molar-refractivity contribution in [3.8, 4) is 0 Å². The lowest BCUT2D eigenvalue weighted by molar-refractivity contribution is 0.0600. The molecule has 1 aromatic heterocycles. The van der Waals surface area contributed by atoms with Gasteiger partial charge in [-0.25, -0.2) is 9.78 Å².